The van der Waals surface area contributed by atoms with Crippen LogP contribution in [0.3, 0.4) is 0 Å². The van der Waals surface area contributed by atoms with Gasteiger partial charge in [-0.25, -0.2) is 4.98 Å². The van der Waals surface area contributed by atoms with Gasteiger partial charge in [-0.1, -0.05) is 12.1 Å². The first-order valence-corrected chi connectivity index (χ1v) is 8.03. The molecule has 1 fully saturated rings. The van der Waals surface area contributed by atoms with Gasteiger partial charge >= 0.3 is 0 Å². The highest BCUT2D eigenvalue weighted by atomic mass is 16.2. The molecule has 1 atom stereocenters. The molecule has 0 radical (unpaired) electrons. The Hall–Kier alpha value is -2.89. The van der Waals surface area contributed by atoms with Crippen LogP contribution in [0.5, 0.6) is 0 Å². The van der Waals surface area contributed by atoms with Crippen LogP contribution in [0.4, 0.5) is 11.5 Å². The summed E-state index contributed by atoms with van der Waals surface area (Å²) in [5.41, 5.74) is 2.29. The van der Waals surface area contributed by atoms with Crippen LogP contribution in [0.2, 0.25) is 0 Å². The van der Waals surface area contributed by atoms with Gasteiger partial charge in [-0.3, -0.25) is 9.59 Å². The Labute approximate surface area is 139 Å². The van der Waals surface area contributed by atoms with Crippen LogP contribution < -0.4 is 15.5 Å². The molecule has 0 spiro atoms. The molecule has 0 bridgehead atoms. The number of carbonyl (C=O) groups is 2. The van der Waals surface area contributed by atoms with Gasteiger partial charge in [0.25, 0.3) is 5.91 Å². The number of nitrogens with one attached hydrogen (secondary N) is 2. The van der Waals surface area contributed by atoms with E-state index in [4.69, 9.17) is 0 Å². The number of nitrogens with zero attached hydrogens (tertiary/aromatic N) is 2. The van der Waals surface area contributed by atoms with Gasteiger partial charge < -0.3 is 15.5 Å². The molecule has 24 heavy (non-hydrogen) atoms. The second kappa shape index (κ2) is 5.63. The highest BCUT2D eigenvalue weighted by Crippen LogP contribution is 2.32. The number of aromatic nitrogens is 1. The van der Waals surface area contributed by atoms with E-state index < -0.39 is 0 Å². The Morgan fingerprint density at radius 3 is 2.71 bits per heavy atom. The molecule has 1 aromatic heterocycles. The Morgan fingerprint density at radius 1 is 1.25 bits per heavy atom. The molecule has 1 saturated carbocycles. The summed E-state index contributed by atoms with van der Waals surface area (Å²) in [5.74, 6) is 0.796. The van der Waals surface area contributed by atoms with Gasteiger partial charge in [0, 0.05) is 24.8 Å². The monoisotopic (exact) mass is 322 g/mol. The quantitative estimate of drug-likeness (QED) is 0.909. The minimum absolute atomic E-state index is 0.0870. The third-order valence-corrected chi connectivity index (χ3v) is 4.46. The van der Waals surface area contributed by atoms with E-state index in [0.29, 0.717) is 11.4 Å². The largest absolute Gasteiger partial charge is 0.335 e. The van der Waals surface area contributed by atoms with Crippen molar-refractivity contribution in [3.05, 3.63) is 53.7 Å². The summed E-state index contributed by atoms with van der Waals surface area (Å²) in [6.07, 6.45) is 3.36. The summed E-state index contributed by atoms with van der Waals surface area (Å²) in [4.78, 5) is 30.3. The van der Waals surface area contributed by atoms with E-state index in [9.17, 15) is 9.59 Å². The molecule has 4 rings (SSSR count). The predicted octanol–water partition coefficient (Wildman–Crippen LogP) is 2.31. The van der Waals surface area contributed by atoms with E-state index >= 15 is 0 Å². The second-order valence-corrected chi connectivity index (χ2v) is 6.25. The van der Waals surface area contributed by atoms with Gasteiger partial charge in [-0.05, 0) is 42.7 Å². The van der Waals surface area contributed by atoms with Crippen molar-refractivity contribution in [3.63, 3.8) is 0 Å². The molecule has 2 aromatic rings. The van der Waals surface area contributed by atoms with Crippen molar-refractivity contribution in [2.75, 3.05) is 17.3 Å². The number of hydrogen-bond donors (Lipinski definition) is 2. The lowest BCUT2D eigenvalue weighted by Crippen LogP contribution is -2.45. The molecule has 6 heteroatoms. The minimum Gasteiger partial charge on any atom is -0.335 e. The fourth-order valence-corrected chi connectivity index (χ4v) is 2.92. The van der Waals surface area contributed by atoms with E-state index in [1.54, 1.807) is 18.3 Å². The lowest BCUT2D eigenvalue weighted by molar-refractivity contribution is -0.117. The van der Waals surface area contributed by atoms with Gasteiger partial charge in [-0.15, -0.1) is 0 Å². The summed E-state index contributed by atoms with van der Waals surface area (Å²) >= 11 is 0. The number of hydrogen-bond acceptors (Lipinski definition) is 4. The van der Waals surface area contributed by atoms with E-state index in [0.717, 1.165) is 24.1 Å². The minimum atomic E-state index is -0.284. The van der Waals surface area contributed by atoms with Crippen molar-refractivity contribution in [1.29, 1.82) is 0 Å². The Balaban J connectivity index is 1.55. The van der Waals surface area contributed by atoms with Crippen LogP contribution in [0.15, 0.2) is 42.6 Å². The first-order chi connectivity index (χ1) is 11.6. The summed E-state index contributed by atoms with van der Waals surface area (Å²) in [7, 11) is 1.90. The normalized spacial score (nSPS) is 19.5. The van der Waals surface area contributed by atoms with E-state index in [2.05, 4.69) is 15.6 Å². The maximum Gasteiger partial charge on any atom is 0.256 e. The summed E-state index contributed by atoms with van der Waals surface area (Å²) in [6, 6.07) is 11.1. The zero-order valence-corrected chi connectivity index (χ0v) is 13.3. The van der Waals surface area contributed by atoms with Crippen LogP contribution in [0.1, 0.15) is 34.9 Å². The fraction of sp³-hybridized carbons (Fsp3) is 0.278. The molecule has 0 saturated heterocycles. The summed E-state index contributed by atoms with van der Waals surface area (Å²) in [5, 5.41) is 5.90. The van der Waals surface area contributed by atoms with Crippen molar-refractivity contribution >= 4 is 23.3 Å². The smallest absolute Gasteiger partial charge is 0.256 e. The number of amides is 2. The maximum absolute atomic E-state index is 12.3. The fourth-order valence-electron chi connectivity index (χ4n) is 2.92. The van der Waals surface area contributed by atoms with E-state index in [1.807, 2.05) is 36.2 Å². The lowest BCUT2D eigenvalue weighted by atomic mass is 10.1. The maximum atomic E-state index is 12.3. The molecule has 2 aliphatic rings. The number of carbonyl (C=O) groups excluding carboxylic acids is 2. The highest BCUT2D eigenvalue weighted by Gasteiger charge is 2.31. The SMILES string of the molecule is CN1c2ncccc2C(=O)NC1c1ccc(NC(=O)C2CC2)cc1. The number of pyridine rings is 1. The molecule has 2 N–H and O–H groups in total. The lowest BCUT2D eigenvalue weighted by Gasteiger charge is -2.35. The molecule has 1 aromatic carbocycles. The topological polar surface area (TPSA) is 74.3 Å². The Bertz CT molecular complexity index is 799. The first-order valence-electron chi connectivity index (χ1n) is 8.03. The molecule has 2 heterocycles. The number of anilines is 2. The van der Waals surface area contributed by atoms with Crippen molar-refractivity contribution < 1.29 is 9.59 Å². The molecular weight excluding hydrogens is 304 g/mol. The Kier molecular flexibility index (Phi) is 3.45. The van der Waals surface area contributed by atoms with Crippen molar-refractivity contribution in [1.82, 2.24) is 10.3 Å². The second-order valence-electron chi connectivity index (χ2n) is 6.25. The number of rotatable bonds is 3. The average Bonchev–Trinajstić information content (AvgIpc) is 3.44. The molecule has 122 valence electrons. The zero-order chi connectivity index (χ0) is 16.7. The van der Waals surface area contributed by atoms with Crippen LogP contribution in [0.25, 0.3) is 0 Å². The van der Waals surface area contributed by atoms with E-state index in [1.165, 1.54) is 0 Å². The zero-order valence-electron chi connectivity index (χ0n) is 13.3. The number of benzene rings is 1. The molecule has 1 aliphatic heterocycles. The van der Waals surface area contributed by atoms with Crippen LogP contribution >= 0.6 is 0 Å². The molecular formula is C18H18N4O2. The Morgan fingerprint density at radius 2 is 2.00 bits per heavy atom. The first kappa shape index (κ1) is 14.7. The molecule has 6 nitrogen and oxygen atoms in total. The van der Waals surface area contributed by atoms with Gasteiger partial charge in [0.15, 0.2) is 0 Å². The molecule has 1 unspecified atom stereocenters. The summed E-state index contributed by atoms with van der Waals surface area (Å²) < 4.78 is 0. The van der Waals surface area contributed by atoms with Crippen LogP contribution in [-0.2, 0) is 4.79 Å². The van der Waals surface area contributed by atoms with Gasteiger partial charge in [0.2, 0.25) is 5.91 Å². The number of fused-ring (bicyclic) bond motifs is 1. The van der Waals surface area contributed by atoms with Crippen molar-refractivity contribution in [3.8, 4) is 0 Å². The third-order valence-electron chi connectivity index (χ3n) is 4.46. The molecule has 2 amide bonds. The standard InChI is InChI=1S/C18H18N4O2/c1-22-15(21-18(24)14-3-2-10-19-16(14)22)11-6-8-13(9-7-11)20-17(23)12-4-5-12/h2-3,6-10,12,15H,4-5H2,1H3,(H,20,23)(H,21,24). The van der Waals surface area contributed by atoms with Crippen molar-refractivity contribution in [2.24, 2.45) is 5.92 Å². The van der Waals surface area contributed by atoms with Gasteiger partial charge in [0.1, 0.15) is 12.0 Å². The molecule has 1 aliphatic carbocycles. The average molecular weight is 322 g/mol. The van der Waals surface area contributed by atoms with Crippen LogP contribution in [0, 0.1) is 5.92 Å². The van der Waals surface area contributed by atoms with Gasteiger partial charge in [-0.2, -0.15) is 0 Å². The van der Waals surface area contributed by atoms with Crippen molar-refractivity contribution in [2.45, 2.75) is 19.0 Å². The predicted molar refractivity (Wildman–Crippen MR) is 90.6 cm³/mol. The third kappa shape index (κ3) is 2.60. The van der Waals surface area contributed by atoms with Gasteiger partial charge in [0.05, 0.1) is 5.56 Å². The highest BCUT2D eigenvalue weighted by molar-refractivity contribution is 6.01. The summed E-state index contributed by atoms with van der Waals surface area (Å²) in [6.45, 7) is 0. The van der Waals surface area contributed by atoms with E-state index in [-0.39, 0.29) is 23.9 Å². The van der Waals surface area contributed by atoms with Crippen LogP contribution in [-0.4, -0.2) is 23.8 Å².